The summed E-state index contributed by atoms with van der Waals surface area (Å²) in [5.74, 6) is -1.09. The molecule has 1 atom stereocenters. The van der Waals surface area contributed by atoms with Crippen LogP contribution in [0, 0.1) is 0 Å². The largest absolute Gasteiger partial charge is 0.506 e. The van der Waals surface area contributed by atoms with Crippen molar-refractivity contribution in [1.82, 2.24) is 10.3 Å². The molecule has 6 heteroatoms. The number of aromatic nitrogens is 1. The number of nitrogens with one attached hydrogen (secondary N) is 1. The van der Waals surface area contributed by atoms with Gasteiger partial charge in [0.15, 0.2) is 6.04 Å². The molecule has 4 aromatic rings. The van der Waals surface area contributed by atoms with Crippen LogP contribution in [0.3, 0.4) is 0 Å². The Balaban J connectivity index is 1.81. The van der Waals surface area contributed by atoms with Gasteiger partial charge < -0.3 is 15.2 Å². The van der Waals surface area contributed by atoms with E-state index in [4.69, 9.17) is 4.74 Å². The summed E-state index contributed by atoms with van der Waals surface area (Å²) in [4.78, 5) is 30.3. The molecular formula is C25H20N2O4. The number of rotatable bonds is 5. The summed E-state index contributed by atoms with van der Waals surface area (Å²) < 4.78 is 4.90. The average Bonchev–Trinajstić information content (AvgIpc) is 2.82. The Morgan fingerprint density at radius 3 is 2.29 bits per heavy atom. The summed E-state index contributed by atoms with van der Waals surface area (Å²) in [5, 5.41) is 13.6. The van der Waals surface area contributed by atoms with Gasteiger partial charge in [0.2, 0.25) is 0 Å². The maximum atomic E-state index is 13.3. The highest BCUT2D eigenvalue weighted by Gasteiger charge is 2.25. The minimum Gasteiger partial charge on any atom is -0.506 e. The van der Waals surface area contributed by atoms with Gasteiger partial charge in [0, 0.05) is 10.9 Å². The van der Waals surface area contributed by atoms with Crippen LogP contribution in [-0.4, -0.2) is 29.1 Å². The van der Waals surface area contributed by atoms with Crippen LogP contribution in [0.4, 0.5) is 0 Å². The molecule has 0 aliphatic rings. The van der Waals surface area contributed by atoms with Crippen LogP contribution in [0.15, 0.2) is 84.9 Å². The lowest BCUT2D eigenvalue weighted by molar-refractivity contribution is -0.143. The van der Waals surface area contributed by atoms with Crippen LogP contribution < -0.4 is 5.32 Å². The van der Waals surface area contributed by atoms with E-state index in [1.807, 2.05) is 36.4 Å². The standard InChI is InChI=1S/C25H20N2O4/c1-31-25(30)22(17-11-6-3-7-12-17)27-24(29)19-15-20(16-9-4-2-5-10-16)26-23-18(19)13-8-14-21(23)28/h2-15,22,28H,1H3,(H,27,29). The van der Waals surface area contributed by atoms with Gasteiger partial charge in [-0.15, -0.1) is 0 Å². The monoisotopic (exact) mass is 412 g/mol. The van der Waals surface area contributed by atoms with Gasteiger partial charge in [0.25, 0.3) is 5.91 Å². The van der Waals surface area contributed by atoms with Gasteiger partial charge in [-0.2, -0.15) is 0 Å². The van der Waals surface area contributed by atoms with Gasteiger partial charge >= 0.3 is 5.97 Å². The van der Waals surface area contributed by atoms with Crippen molar-refractivity contribution in [3.63, 3.8) is 0 Å². The van der Waals surface area contributed by atoms with Crippen molar-refractivity contribution in [3.8, 4) is 17.0 Å². The van der Waals surface area contributed by atoms with Gasteiger partial charge in [-0.1, -0.05) is 72.8 Å². The SMILES string of the molecule is COC(=O)C(NC(=O)c1cc(-c2ccccc2)nc2c(O)cccc12)c1ccccc1. The molecule has 0 aliphatic carbocycles. The van der Waals surface area contributed by atoms with E-state index in [0.717, 1.165) is 5.56 Å². The summed E-state index contributed by atoms with van der Waals surface area (Å²) in [6.45, 7) is 0. The fourth-order valence-corrected chi connectivity index (χ4v) is 3.43. The van der Waals surface area contributed by atoms with Crippen molar-refractivity contribution in [3.05, 3.63) is 96.1 Å². The smallest absolute Gasteiger partial charge is 0.333 e. The summed E-state index contributed by atoms with van der Waals surface area (Å²) >= 11 is 0. The Morgan fingerprint density at radius 1 is 0.935 bits per heavy atom. The third kappa shape index (κ3) is 4.09. The Morgan fingerprint density at radius 2 is 1.61 bits per heavy atom. The molecule has 1 heterocycles. The second kappa shape index (κ2) is 8.67. The number of hydrogen-bond donors (Lipinski definition) is 2. The number of carbonyl (C=O) groups is 2. The first kappa shape index (κ1) is 20.1. The first-order valence-corrected chi connectivity index (χ1v) is 9.70. The highest BCUT2D eigenvalue weighted by molar-refractivity contribution is 6.09. The molecule has 4 rings (SSSR count). The van der Waals surface area contributed by atoms with Crippen LogP contribution in [0.1, 0.15) is 22.0 Å². The zero-order chi connectivity index (χ0) is 21.8. The Bertz CT molecular complexity index is 1240. The number of hydrogen-bond acceptors (Lipinski definition) is 5. The van der Waals surface area contributed by atoms with Gasteiger partial charge in [-0.05, 0) is 17.7 Å². The third-order valence-electron chi connectivity index (χ3n) is 4.98. The van der Waals surface area contributed by atoms with Crippen LogP contribution in [0.2, 0.25) is 0 Å². The molecule has 2 N–H and O–H groups in total. The molecule has 0 saturated heterocycles. The van der Waals surface area contributed by atoms with E-state index < -0.39 is 17.9 Å². The minimum atomic E-state index is -0.973. The fraction of sp³-hybridized carbons (Fsp3) is 0.0800. The molecule has 0 spiro atoms. The third-order valence-corrected chi connectivity index (χ3v) is 4.98. The number of carbonyl (C=O) groups excluding carboxylic acids is 2. The van der Waals surface area contributed by atoms with E-state index in [2.05, 4.69) is 10.3 Å². The summed E-state index contributed by atoms with van der Waals surface area (Å²) in [6.07, 6.45) is 0. The molecule has 154 valence electrons. The number of aromatic hydroxyl groups is 1. The van der Waals surface area contributed by atoms with Gasteiger partial charge in [-0.25, -0.2) is 9.78 Å². The first-order chi connectivity index (χ1) is 15.1. The molecule has 0 bridgehead atoms. The number of phenols is 1. The fourth-order valence-electron chi connectivity index (χ4n) is 3.43. The molecule has 0 radical (unpaired) electrons. The highest BCUT2D eigenvalue weighted by atomic mass is 16.5. The van der Waals surface area contributed by atoms with Crippen molar-refractivity contribution in [2.24, 2.45) is 0 Å². The van der Waals surface area contributed by atoms with Crippen LogP contribution in [0.25, 0.3) is 22.2 Å². The Hall–Kier alpha value is -4.19. The number of ether oxygens (including phenoxy) is 1. The number of phenolic OH excluding ortho intramolecular Hbond substituents is 1. The lowest BCUT2D eigenvalue weighted by Crippen LogP contribution is -2.34. The summed E-state index contributed by atoms with van der Waals surface area (Å²) in [5.41, 5.74) is 2.54. The van der Waals surface area contributed by atoms with E-state index in [1.54, 1.807) is 42.5 Å². The van der Waals surface area contributed by atoms with Crippen molar-refractivity contribution < 1.29 is 19.4 Å². The van der Waals surface area contributed by atoms with Crippen LogP contribution in [-0.2, 0) is 9.53 Å². The maximum Gasteiger partial charge on any atom is 0.333 e. The van der Waals surface area contributed by atoms with Crippen molar-refractivity contribution >= 4 is 22.8 Å². The predicted molar refractivity (Wildman–Crippen MR) is 118 cm³/mol. The Kier molecular flexibility index (Phi) is 5.62. The van der Waals surface area contributed by atoms with Gasteiger partial charge in [0.1, 0.15) is 11.3 Å². The molecule has 0 aliphatic heterocycles. The highest BCUT2D eigenvalue weighted by Crippen LogP contribution is 2.30. The van der Waals surface area contributed by atoms with Gasteiger partial charge in [0.05, 0.1) is 18.4 Å². The number of para-hydroxylation sites is 1. The molecule has 1 amide bonds. The quantitative estimate of drug-likeness (QED) is 0.479. The summed E-state index contributed by atoms with van der Waals surface area (Å²) in [6, 6.07) is 23.8. The molecule has 1 aromatic heterocycles. The second-order valence-corrected chi connectivity index (χ2v) is 6.93. The number of fused-ring (bicyclic) bond motifs is 1. The Labute approximate surface area is 179 Å². The topological polar surface area (TPSA) is 88.5 Å². The average molecular weight is 412 g/mol. The minimum absolute atomic E-state index is 0.0306. The van der Waals surface area contributed by atoms with E-state index in [0.29, 0.717) is 27.7 Å². The molecule has 31 heavy (non-hydrogen) atoms. The van der Waals surface area contributed by atoms with Gasteiger partial charge in [-0.3, -0.25) is 4.79 Å². The zero-order valence-electron chi connectivity index (χ0n) is 16.8. The van der Waals surface area contributed by atoms with Crippen molar-refractivity contribution in [2.45, 2.75) is 6.04 Å². The van der Waals surface area contributed by atoms with Crippen LogP contribution >= 0.6 is 0 Å². The van der Waals surface area contributed by atoms with Crippen molar-refractivity contribution in [2.75, 3.05) is 7.11 Å². The number of pyridine rings is 1. The van der Waals surface area contributed by atoms with E-state index in [9.17, 15) is 14.7 Å². The van der Waals surface area contributed by atoms with Crippen LogP contribution in [0.5, 0.6) is 5.75 Å². The first-order valence-electron chi connectivity index (χ1n) is 9.70. The lowest BCUT2D eigenvalue weighted by Gasteiger charge is -2.18. The number of esters is 1. The maximum absolute atomic E-state index is 13.3. The van der Waals surface area contributed by atoms with Crippen molar-refractivity contribution in [1.29, 1.82) is 0 Å². The normalized spacial score (nSPS) is 11.6. The van der Waals surface area contributed by atoms with E-state index in [-0.39, 0.29) is 5.75 Å². The number of amides is 1. The molecule has 0 saturated carbocycles. The molecular weight excluding hydrogens is 392 g/mol. The molecule has 3 aromatic carbocycles. The number of methoxy groups -OCH3 is 1. The lowest BCUT2D eigenvalue weighted by atomic mass is 10.0. The number of nitrogens with zero attached hydrogens (tertiary/aromatic N) is 1. The molecule has 0 fully saturated rings. The molecule has 1 unspecified atom stereocenters. The van der Waals surface area contributed by atoms with E-state index >= 15 is 0 Å². The molecule has 6 nitrogen and oxygen atoms in total. The predicted octanol–water partition coefficient (Wildman–Crippen LogP) is 4.25. The zero-order valence-corrected chi connectivity index (χ0v) is 16.8. The van der Waals surface area contributed by atoms with E-state index in [1.165, 1.54) is 13.2 Å². The number of benzene rings is 3. The summed E-state index contributed by atoms with van der Waals surface area (Å²) in [7, 11) is 1.28. The second-order valence-electron chi connectivity index (χ2n) is 6.93.